The van der Waals surface area contributed by atoms with Crippen LogP contribution in [0.15, 0.2) is 54.6 Å². The first kappa shape index (κ1) is 22.4. The van der Waals surface area contributed by atoms with Gasteiger partial charge in [-0.1, -0.05) is 60.2 Å². The summed E-state index contributed by atoms with van der Waals surface area (Å²) in [5.41, 5.74) is 1.46. The molecule has 2 saturated heterocycles. The summed E-state index contributed by atoms with van der Waals surface area (Å²) in [5.74, 6) is -0.332. The minimum Gasteiger partial charge on any atom is -0.319 e. The number of carbonyl (C=O) groups excluding carboxylic acids is 2. The lowest BCUT2D eigenvalue weighted by Gasteiger charge is -2.35. The Balaban J connectivity index is 1.37. The number of aryl methyl sites for hydroxylation is 1. The predicted molar refractivity (Wildman–Crippen MR) is 121 cm³/mol. The van der Waals surface area contributed by atoms with Crippen molar-refractivity contribution in [3.63, 3.8) is 0 Å². The molecule has 0 bridgehead atoms. The monoisotopic (exact) mass is 456 g/mol. The first-order valence-corrected chi connectivity index (χ1v) is 12.3. The van der Waals surface area contributed by atoms with E-state index in [0.717, 1.165) is 16.7 Å². The van der Waals surface area contributed by atoms with Crippen LogP contribution in [0.3, 0.4) is 0 Å². The zero-order valence-electron chi connectivity index (χ0n) is 18.3. The minimum absolute atomic E-state index is 0.0320. The summed E-state index contributed by atoms with van der Waals surface area (Å²) in [5, 5.41) is 2.82. The molecule has 0 radical (unpaired) electrons. The number of imide groups is 1. The van der Waals surface area contributed by atoms with Crippen LogP contribution in [-0.2, 0) is 26.1 Å². The molecular weight excluding hydrogens is 428 g/mol. The molecule has 8 nitrogen and oxygen atoms in total. The van der Waals surface area contributed by atoms with Crippen molar-refractivity contribution < 1.29 is 18.0 Å². The third-order valence-corrected chi connectivity index (χ3v) is 8.01. The van der Waals surface area contributed by atoms with E-state index < -0.39 is 21.6 Å². The topological polar surface area (TPSA) is 90.0 Å². The van der Waals surface area contributed by atoms with E-state index in [0.29, 0.717) is 26.2 Å². The lowest BCUT2D eigenvalue weighted by atomic mass is 9.91. The number of benzene rings is 2. The molecule has 3 amide bonds. The van der Waals surface area contributed by atoms with Gasteiger partial charge in [-0.05, 0) is 25.0 Å². The third-order valence-electron chi connectivity index (χ3n) is 6.16. The largest absolute Gasteiger partial charge is 0.326 e. The molecule has 1 atom stereocenters. The van der Waals surface area contributed by atoms with Gasteiger partial charge in [-0.2, -0.15) is 4.31 Å². The van der Waals surface area contributed by atoms with Gasteiger partial charge < -0.3 is 5.32 Å². The Hall–Kier alpha value is -2.75. The Morgan fingerprint density at radius 1 is 0.938 bits per heavy atom. The number of rotatable bonds is 6. The summed E-state index contributed by atoms with van der Waals surface area (Å²) < 4.78 is 27.0. The molecule has 32 heavy (non-hydrogen) atoms. The SMILES string of the molecule is Cc1ccc([C@@]2(C)NC(=O)N(CN3CCN(S(=O)(=O)Cc4ccccc4)CC3)C2=O)cc1. The molecule has 2 aliphatic heterocycles. The van der Waals surface area contributed by atoms with Crippen molar-refractivity contribution in [2.24, 2.45) is 0 Å². The standard InChI is InChI=1S/C23H28N4O4S/c1-18-8-10-20(11-9-18)23(2)21(28)27(22(29)24-23)17-25-12-14-26(15-13-25)32(30,31)16-19-6-4-3-5-7-19/h3-11H,12-17H2,1-2H3,(H,24,29)/t23-/m1/s1. The molecule has 1 N–H and O–H groups in total. The van der Waals surface area contributed by atoms with Crippen LogP contribution < -0.4 is 5.32 Å². The highest BCUT2D eigenvalue weighted by Crippen LogP contribution is 2.29. The Labute approximate surface area is 188 Å². The zero-order valence-corrected chi connectivity index (χ0v) is 19.1. The van der Waals surface area contributed by atoms with Gasteiger partial charge in [-0.3, -0.25) is 9.69 Å². The van der Waals surface area contributed by atoms with E-state index >= 15 is 0 Å². The Kier molecular flexibility index (Phi) is 6.07. The molecule has 0 saturated carbocycles. The number of nitrogens with one attached hydrogen (secondary N) is 1. The summed E-state index contributed by atoms with van der Waals surface area (Å²) in [6, 6.07) is 16.2. The number of sulfonamides is 1. The van der Waals surface area contributed by atoms with Crippen molar-refractivity contribution in [1.82, 2.24) is 19.4 Å². The van der Waals surface area contributed by atoms with Crippen LogP contribution in [0.5, 0.6) is 0 Å². The minimum atomic E-state index is -3.42. The maximum absolute atomic E-state index is 13.1. The van der Waals surface area contributed by atoms with Crippen LogP contribution in [0, 0.1) is 6.92 Å². The second-order valence-electron chi connectivity index (χ2n) is 8.55. The third kappa shape index (κ3) is 4.41. The Morgan fingerprint density at radius 3 is 2.19 bits per heavy atom. The molecule has 0 aromatic heterocycles. The second kappa shape index (κ2) is 8.65. The van der Waals surface area contributed by atoms with Gasteiger partial charge in [0.1, 0.15) is 5.54 Å². The predicted octanol–water partition coefficient (Wildman–Crippen LogP) is 1.87. The maximum Gasteiger partial charge on any atom is 0.326 e. The molecule has 2 aromatic rings. The average molecular weight is 457 g/mol. The summed E-state index contributed by atoms with van der Waals surface area (Å²) in [7, 11) is -3.42. The smallest absolute Gasteiger partial charge is 0.319 e. The van der Waals surface area contributed by atoms with Gasteiger partial charge in [0.15, 0.2) is 0 Å². The molecule has 9 heteroatoms. The van der Waals surface area contributed by atoms with Crippen molar-refractivity contribution in [1.29, 1.82) is 0 Å². The molecule has 0 unspecified atom stereocenters. The maximum atomic E-state index is 13.1. The highest BCUT2D eigenvalue weighted by molar-refractivity contribution is 7.88. The number of hydrogen-bond acceptors (Lipinski definition) is 5. The van der Waals surface area contributed by atoms with Crippen LogP contribution in [0.1, 0.15) is 23.6 Å². The van der Waals surface area contributed by atoms with Crippen molar-refractivity contribution in [2.75, 3.05) is 32.8 Å². The lowest BCUT2D eigenvalue weighted by molar-refractivity contribution is -0.132. The summed E-state index contributed by atoms with van der Waals surface area (Å²) >= 11 is 0. The summed E-state index contributed by atoms with van der Waals surface area (Å²) in [6.45, 7) is 5.37. The Bertz CT molecular complexity index is 1100. The summed E-state index contributed by atoms with van der Waals surface area (Å²) in [6.07, 6.45) is 0. The second-order valence-corrected chi connectivity index (χ2v) is 10.5. The van der Waals surface area contributed by atoms with E-state index in [4.69, 9.17) is 0 Å². The van der Waals surface area contributed by atoms with E-state index in [1.54, 1.807) is 19.1 Å². The first-order valence-electron chi connectivity index (χ1n) is 10.6. The number of hydrogen-bond donors (Lipinski definition) is 1. The normalized spacial score (nSPS) is 22.9. The number of nitrogens with zero attached hydrogens (tertiary/aromatic N) is 3. The van der Waals surface area contributed by atoms with E-state index in [-0.39, 0.29) is 18.3 Å². The molecule has 4 rings (SSSR count). The fourth-order valence-electron chi connectivity index (χ4n) is 4.13. The summed E-state index contributed by atoms with van der Waals surface area (Å²) in [4.78, 5) is 28.9. The molecule has 0 aliphatic carbocycles. The number of amides is 3. The van der Waals surface area contributed by atoms with Crippen molar-refractivity contribution in [2.45, 2.75) is 25.1 Å². The molecule has 0 spiro atoms. The highest BCUT2D eigenvalue weighted by Gasteiger charge is 2.49. The van der Waals surface area contributed by atoms with Gasteiger partial charge in [0, 0.05) is 26.2 Å². The lowest BCUT2D eigenvalue weighted by Crippen LogP contribution is -2.53. The van der Waals surface area contributed by atoms with Gasteiger partial charge in [0.25, 0.3) is 5.91 Å². The number of urea groups is 1. The van der Waals surface area contributed by atoms with Crippen LogP contribution in [0.2, 0.25) is 0 Å². The zero-order chi connectivity index (χ0) is 22.9. The Morgan fingerprint density at radius 2 is 1.56 bits per heavy atom. The van der Waals surface area contributed by atoms with Crippen LogP contribution in [-0.4, -0.2) is 67.3 Å². The average Bonchev–Trinajstić information content (AvgIpc) is 2.99. The van der Waals surface area contributed by atoms with Gasteiger partial charge in [0.2, 0.25) is 10.0 Å². The van der Waals surface area contributed by atoms with Crippen LogP contribution in [0.25, 0.3) is 0 Å². The van der Waals surface area contributed by atoms with Gasteiger partial charge in [-0.25, -0.2) is 18.1 Å². The van der Waals surface area contributed by atoms with E-state index in [1.165, 1.54) is 9.21 Å². The molecule has 2 fully saturated rings. The number of piperazine rings is 1. The fraction of sp³-hybridized carbons (Fsp3) is 0.391. The van der Waals surface area contributed by atoms with E-state index in [9.17, 15) is 18.0 Å². The molecular formula is C23H28N4O4S. The van der Waals surface area contributed by atoms with Gasteiger partial charge >= 0.3 is 6.03 Å². The quantitative estimate of drug-likeness (QED) is 0.671. The first-order chi connectivity index (χ1) is 15.2. The molecule has 2 aliphatic rings. The van der Waals surface area contributed by atoms with Crippen molar-refractivity contribution in [3.05, 3.63) is 71.3 Å². The molecule has 2 heterocycles. The van der Waals surface area contributed by atoms with E-state index in [2.05, 4.69) is 5.32 Å². The van der Waals surface area contributed by atoms with E-state index in [1.807, 2.05) is 54.3 Å². The molecule has 2 aromatic carbocycles. The van der Waals surface area contributed by atoms with Gasteiger partial charge in [-0.15, -0.1) is 0 Å². The number of carbonyl (C=O) groups is 2. The van der Waals surface area contributed by atoms with Crippen LogP contribution >= 0.6 is 0 Å². The van der Waals surface area contributed by atoms with Crippen LogP contribution in [0.4, 0.5) is 4.79 Å². The molecule has 170 valence electrons. The van der Waals surface area contributed by atoms with Crippen molar-refractivity contribution >= 4 is 22.0 Å². The fourth-order valence-corrected chi connectivity index (χ4v) is 5.65. The van der Waals surface area contributed by atoms with Gasteiger partial charge in [0.05, 0.1) is 12.4 Å². The van der Waals surface area contributed by atoms with Crippen molar-refractivity contribution in [3.8, 4) is 0 Å². The highest BCUT2D eigenvalue weighted by atomic mass is 32.2.